The molecular formula is C27H24N2O5. The highest BCUT2D eigenvalue weighted by molar-refractivity contribution is 6.22. The van der Waals surface area contributed by atoms with Gasteiger partial charge in [-0.25, -0.2) is 4.79 Å². The highest BCUT2D eigenvalue weighted by atomic mass is 16.5. The van der Waals surface area contributed by atoms with Crippen molar-refractivity contribution in [1.29, 1.82) is 0 Å². The maximum atomic E-state index is 13.0. The number of esters is 1. The lowest BCUT2D eigenvalue weighted by Gasteiger charge is -2.22. The molecular weight excluding hydrogens is 432 g/mol. The molecule has 0 saturated heterocycles. The molecule has 4 rings (SSSR count). The second-order valence-electron chi connectivity index (χ2n) is 8.27. The number of amides is 3. The molecule has 0 aromatic heterocycles. The predicted molar refractivity (Wildman–Crippen MR) is 127 cm³/mol. The second-order valence-corrected chi connectivity index (χ2v) is 8.27. The van der Waals surface area contributed by atoms with E-state index in [1.807, 2.05) is 56.3 Å². The van der Waals surface area contributed by atoms with Crippen LogP contribution in [0.25, 0.3) is 0 Å². The van der Waals surface area contributed by atoms with Crippen LogP contribution in [-0.2, 0) is 9.53 Å². The molecule has 1 atom stereocenters. The highest BCUT2D eigenvalue weighted by Gasteiger charge is 2.39. The Kier molecular flexibility index (Phi) is 6.27. The Labute approximate surface area is 197 Å². The molecule has 0 radical (unpaired) electrons. The first kappa shape index (κ1) is 22.9. The van der Waals surface area contributed by atoms with E-state index < -0.39 is 36.3 Å². The fourth-order valence-corrected chi connectivity index (χ4v) is 3.97. The zero-order chi connectivity index (χ0) is 24.4. The maximum absolute atomic E-state index is 13.0. The lowest BCUT2D eigenvalue weighted by molar-refractivity contribution is -0.119. The number of aryl methyl sites for hydroxylation is 2. The molecule has 1 aliphatic rings. The number of benzene rings is 3. The van der Waals surface area contributed by atoms with E-state index in [4.69, 9.17) is 4.74 Å². The molecule has 3 aromatic rings. The van der Waals surface area contributed by atoms with Crippen molar-refractivity contribution < 1.29 is 23.9 Å². The van der Waals surface area contributed by atoms with Crippen LogP contribution in [0.1, 0.15) is 60.7 Å². The van der Waals surface area contributed by atoms with Gasteiger partial charge in [0.05, 0.1) is 22.7 Å². The Bertz CT molecular complexity index is 1300. The molecule has 0 saturated carbocycles. The van der Waals surface area contributed by atoms with E-state index in [9.17, 15) is 19.2 Å². The third-order valence-corrected chi connectivity index (χ3v) is 5.81. The molecule has 0 fully saturated rings. The van der Waals surface area contributed by atoms with Gasteiger partial charge in [0, 0.05) is 5.69 Å². The number of fused-ring (bicyclic) bond motifs is 1. The number of carbonyl (C=O) groups is 4. The van der Waals surface area contributed by atoms with Crippen LogP contribution in [0.15, 0.2) is 66.7 Å². The summed E-state index contributed by atoms with van der Waals surface area (Å²) in [5.74, 6) is -2.12. The minimum atomic E-state index is -0.756. The van der Waals surface area contributed by atoms with E-state index in [-0.39, 0.29) is 16.7 Å². The summed E-state index contributed by atoms with van der Waals surface area (Å²) < 4.78 is 5.13. The van der Waals surface area contributed by atoms with Gasteiger partial charge in [0.15, 0.2) is 6.61 Å². The third kappa shape index (κ3) is 4.45. The molecule has 7 nitrogen and oxygen atoms in total. The van der Waals surface area contributed by atoms with Gasteiger partial charge in [0.1, 0.15) is 0 Å². The Hall–Kier alpha value is -4.26. The Morgan fingerprint density at radius 3 is 2.32 bits per heavy atom. The van der Waals surface area contributed by atoms with Gasteiger partial charge in [-0.15, -0.1) is 0 Å². The molecule has 7 heteroatoms. The number of carbonyl (C=O) groups excluding carboxylic acids is 4. The van der Waals surface area contributed by atoms with E-state index in [0.717, 1.165) is 16.7 Å². The number of ether oxygens (including phenoxy) is 1. The van der Waals surface area contributed by atoms with Gasteiger partial charge < -0.3 is 10.1 Å². The fraction of sp³-hybridized carbons (Fsp3) is 0.185. The summed E-state index contributed by atoms with van der Waals surface area (Å²) in [7, 11) is 0. The lowest BCUT2D eigenvalue weighted by atomic mass is 10.1. The van der Waals surface area contributed by atoms with Crippen LogP contribution in [0.2, 0.25) is 0 Å². The van der Waals surface area contributed by atoms with E-state index in [0.29, 0.717) is 5.69 Å². The third-order valence-electron chi connectivity index (χ3n) is 5.81. The number of anilines is 1. The zero-order valence-electron chi connectivity index (χ0n) is 19.1. The van der Waals surface area contributed by atoms with Gasteiger partial charge in [-0.3, -0.25) is 19.3 Å². The van der Waals surface area contributed by atoms with Crippen molar-refractivity contribution in [3.05, 3.63) is 100 Å². The average molecular weight is 456 g/mol. The number of hydrogen-bond acceptors (Lipinski definition) is 5. The van der Waals surface area contributed by atoms with Gasteiger partial charge in [0.2, 0.25) is 0 Å². The topological polar surface area (TPSA) is 92.8 Å². The summed E-state index contributed by atoms with van der Waals surface area (Å²) in [6, 6.07) is 18.6. The Balaban J connectivity index is 1.44. The lowest BCUT2D eigenvalue weighted by Crippen LogP contribution is -2.32. The first-order valence-corrected chi connectivity index (χ1v) is 10.9. The quantitative estimate of drug-likeness (QED) is 0.437. The Morgan fingerprint density at radius 1 is 0.912 bits per heavy atom. The zero-order valence-corrected chi connectivity index (χ0v) is 19.1. The van der Waals surface area contributed by atoms with E-state index in [1.165, 1.54) is 23.1 Å². The molecule has 1 aliphatic heterocycles. The predicted octanol–water partition coefficient (Wildman–Crippen LogP) is 4.46. The molecule has 1 heterocycles. The van der Waals surface area contributed by atoms with Crippen molar-refractivity contribution in [2.75, 3.05) is 11.9 Å². The van der Waals surface area contributed by atoms with Crippen LogP contribution in [0.3, 0.4) is 0 Å². The summed E-state index contributed by atoms with van der Waals surface area (Å²) in [6.07, 6.45) is 0. The summed E-state index contributed by atoms with van der Waals surface area (Å²) >= 11 is 0. The normalized spacial score (nSPS) is 13.4. The van der Waals surface area contributed by atoms with Crippen LogP contribution in [0.5, 0.6) is 0 Å². The van der Waals surface area contributed by atoms with E-state index >= 15 is 0 Å². The fourth-order valence-electron chi connectivity index (χ4n) is 3.97. The van der Waals surface area contributed by atoms with Gasteiger partial charge in [-0.2, -0.15) is 0 Å². The largest absolute Gasteiger partial charge is 0.452 e. The van der Waals surface area contributed by atoms with Gasteiger partial charge in [-0.1, -0.05) is 48.0 Å². The average Bonchev–Trinajstić information content (AvgIpc) is 3.08. The Morgan fingerprint density at radius 2 is 1.62 bits per heavy atom. The molecule has 1 N–H and O–H groups in total. The molecule has 34 heavy (non-hydrogen) atoms. The van der Waals surface area contributed by atoms with E-state index in [1.54, 1.807) is 13.0 Å². The molecule has 3 amide bonds. The summed E-state index contributed by atoms with van der Waals surface area (Å²) in [5.41, 5.74) is 3.90. The molecule has 3 aromatic carbocycles. The monoisotopic (exact) mass is 456 g/mol. The molecule has 172 valence electrons. The summed E-state index contributed by atoms with van der Waals surface area (Å²) in [5, 5.41) is 2.71. The molecule has 0 unspecified atom stereocenters. The van der Waals surface area contributed by atoms with Crippen molar-refractivity contribution in [2.24, 2.45) is 0 Å². The van der Waals surface area contributed by atoms with E-state index in [2.05, 4.69) is 5.32 Å². The van der Waals surface area contributed by atoms with Crippen molar-refractivity contribution >= 4 is 29.4 Å². The first-order chi connectivity index (χ1) is 16.3. The highest BCUT2D eigenvalue weighted by Crippen LogP contribution is 2.31. The second kappa shape index (κ2) is 9.31. The van der Waals surface area contributed by atoms with Crippen LogP contribution in [-0.4, -0.2) is 35.2 Å². The summed E-state index contributed by atoms with van der Waals surface area (Å²) in [6.45, 7) is 5.13. The number of imide groups is 1. The number of nitrogens with one attached hydrogen (secondary N) is 1. The smallest absolute Gasteiger partial charge is 0.338 e. The maximum Gasteiger partial charge on any atom is 0.338 e. The molecule has 0 bridgehead atoms. The van der Waals surface area contributed by atoms with Crippen molar-refractivity contribution in [1.82, 2.24) is 4.90 Å². The SMILES string of the molecule is Cc1ccc(NC(=O)COC(=O)c2ccc3c(c2)C(=O)N([C@@H](C)c2ccccc2)C3=O)c(C)c1. The number of hydrogen-bond donors (Lipinski definition) is 1. The van der Waals surface area contributed by atoms with Crippen LogP contribution >= 0.6 is 0 Å². The van der Waals surface area contributed by atoms with Crippen LogP contribution < -0.4 is 5.32 Å². The van der Waals surface area contributed by atoms with Crippen LogP contribution in [0.4, 0.5) is 5.69 Å². The minimum Gasteiger partial charge on any atom is -0.452 e. The first-order valence-electron chi connectivity index (χ1n) is 10.9. The van der Waals surface area contributed by atoms with Crippen molar-refractivity contribution in [2.45, 2.75) is 26.8 Å². The minimum absolute atomic E-state index is 0.0911. The van der Waals surface area contributed by atoms with Gasteiger partial charge >= 0.3 is 5.97 Å². The standard InChI is InChI=1S/C27H24N2O5/c1-16-9-12-23(17(2)13-16)28-24(30)15-34-27(33)20-10-11-21-22(14-20)26(32)29(25(21)31)18(3)19-7-5-4-6-8-19/h4-14,18H,15H2,1-3H3,(H,28,30)/t18-/m0/s1. The summed E-state index contributed by atoms with van der Waals surface area (Å²) in [4.78, 5) is 51.8. The number of nitrogens with zero attached hydrogens (tertiary/aromatic N) is 1. The van der Waals surface area contributed by atoms with Gasteiger partial charge in [-0.05, 0) is 56.2 Å². The number of rotatable bonds is 6. The molecule has 0 aliphatic carbocycles. The van der Waals surface area contributed by atoms with Crippen LogP contribution in [0, 0.1) is 13.8 Å². The van der Waals surface area contributed by atoms with Crippen molar-refractivity contribution in [3.63, 3.8) is 0 Å². The van der Waals surface area contributed by atoms with Crippen molar-refractivity contribution in [3.8, 4) is 0 Å². The molecule has 0 spiro atoms. The van der Waals surface area contributed by atoms with Gasteiger partial charge in [0.25, 0.3) is 17.7 Å².